The third-order valence-corrected chi connectivity index (χ3v) is 4.19. The fourth-order valence-electron chi connectivity index (χ4n) is 2.29. The lowest BCUT2D eigenvalue weighted by atomic mass is 9.89. The van der Waals surface area contributed by atoms with E-state index in [0.717, 1.165) is 17.5 Å². The van der Waals surface area contributed by atoms with E-state index in [2.05, 4.69) is 36.4 Å². The highest BCUT2D eigenvalue weighted by molar-refractivity contribution is 7.23. The lowest BCUT2D eigenvalue weighted by Gasteiger charge is -2.28. The van der Waals surface area contributed by atoms with Gasteiger partial charge in [-0.15, -0.1) is 24.2 Å². The minimum atomic E-state index is 0. The molecule has 0 aromatic heterocycles. The van der Waals surface area contributed by atoms with E-state index in [-0.39, 0.29) is 81.2 Å². The van der Waals surface area contributed by atoms with E-state index in [1.165, 1.54) is 11.1 Å². The molecule has 0 bridgehead atoms. The van der Waals surface area contributed by atoms with Crippen LogP contribution in [0.5, 0.6) is 0 Å². The first-order valence-corrected chi connectivity index (χ1v) is 7.09. The predicted molar refractivity (Wildman–Crippen MR) is 116 cm³/mol. The Bertz CT molecular complexity index is 509. The van der Waals surface area contributed by atoms with Crippen molar-refractivity contribution in [3.63, 3.8) is 0 Å². The standard InChI is InChI=1S/C14H18O2P2.4Al.8H/c1-15-9-5-3-7-11(17)13(9)14-10(16-2)6-4-8-12(14)18;;;;;;;;;;;;/h3,6-9,12H,5,17-18H2,1-2H3;;;;;;;;;;;;/t9?,12-;;;;;;;;;;;;/m0............/s1. The molecular formula is C14H26Al4O2P2. The van der Waals surface area contributed by atoms with Crippen LogP contribution in [-0.4, -0.2) is 95.4 Å². The van der Waals surface area contributed by atoms with Gasteiger partial charge in [-0.2, -0.15) is 0 Å². The SMILES string of the molecule is COC1=C(C2=C(P)C=CCC2OC)[C@@H](P)C=C=C1.[AlH2].[AlH2].[AlH2].[AlH2]. The molecule has 116 valence electrons. The first-order valence-electron chi connectivity index (χ1n) is 5.84. The van der Waals surface area contributed by atoms with Gasteiger partial charge in [0.2, 0.25) is 0 Å². The lowest BCUT2D eigenvalue weighted by molar-refractivity contribution is 0.133. The van der Waals surface area contributed by atoms with Gasteiger partial charge in [-0.05, 0) is 23.4 Å². The molecular weight excluding hydrogens is 370 g/mol. The number of methoxy groups -OCH3 is 2. The van der Waals surface area contributed by atoms with Crippen LogP contribution in [0.3, 0.4) is 0 Å². The van der Waals surface area contributed by atoms with Crippen molar-refractivity contribution < 1.29 is 9.47 Å². The van der Waals surface area contributed by atoms with Crippen molar-refractivity contribution in [3.05, 3.63) is 52.3 Å². The molecule has 0 spiro atoms. The maximum atomic E-state index is 5.60. The van der Waals surface area contributed by atoms with Gasteiger partial charge in [0.15, 0.2) is 0 Å². The maximum absolute atomic E-state index is 5.60. The van der Waals surface area contributed by atoms with Crippen molar-refractivity contribution in [1.29, 1.82) is 0 Å². The summed E-state index contributed by atoms with van der Waals surface area (Å²) in [5, 5.41) is 1.16. The Balaban J connectivity index is -0.000000902. The van der Waals surface area contributed by atoms with E-state index in [0.29, 0.717) is 0 Å². The van der Waals surface area contributed by atoms with Crippen LogP contribution in [0.25, 0.3) is 0 Å². The average Bonchev–Trinajstić information content (AvgIpc) is 2.38. The summed E-state index contributed by atoms with van der Waals surface area (Å²) in [6, 6.07) is 0. The van der Waals surface area contributed by atoms with E-state index < -0.39 is 0 Å². The largest absolute Gasteiger partial charge is 0.496 e. The molecule has 4 atom stereocenters. The highest BCUT2D eigenvalue weighted by Crippen LogP contribution is 2.38. The van der Waals surface area contributed by atoms with Gasteiger partial charge in [0.1, 0.15) is 75.2 Å². The zero-order valence-corrected chi connectivity index (χ0v) is 25.0. The van der Waals surface area contributed by atoms with Crippen LogP contribution >= 0.6 is 18.5 Å². The second-order valence-electron chi connectivity index (χ2n) is 4.22. The number of hydrogen-bond donors (Lipinski definition) is 0. The fourth-order valence-corrected chi connectivity index (χ4v) is 3.22. The summed E-state index contributed by atoms with van der Waals surface area (Å²) >= 11 is 0. The molecule has 0 N–H and O–H groups in total. The second kappa shape index (κ2) is 13.7. The average molecular weight is 396 g/mol. The van der Waals surface area contributed by atoms with Gasteiger partial charge >= 0.3 is 0 Å². The fraction of sp³-hybridized carbons (Fsp3) is 0.357. The van der Waals surface area contributed by atoms with E-state index in [4.69, 9.17) is 9.47 Å². The molecule has 3 unspecified atom stereocenters. The summed E-state index contributed by atoms with van der Waals surface area (Å²) in [5.41, 5.74) is 5.69. The van der Waals surface area contributed by atoms with Gasteiger partial charge in [-0.3, -0.25) is 0 Å². The predicted octanol–water partition coefficient (Wildman–Crippen LogP) is -0.705. The molecule has 0 aromatic carbocycles. The molecule has 8 heteroatoms. The number of rotatable bonds is 3. The quantitative estimate of drug-likeness (QED) is 0.357. The molecule has 2 rings (SSSR count). The first kappa shape index (κ1) is 28.3. The Morgan fingerprint density at radius 2 is 1.77 bits per heavy atom. The van der Waals surface area contributed by atoms with E-state index in [9.17, 15) is 0 Å². The van der Waals surface area contributed by atoms with Crippen molar-refractivity contribution >= 4 is 87.9 Å². The number of allylic oxidation sites excluding steroid dienone is 3. The van der Waals surface area contributed by atoms with Crippen LogP contribution in [0.2, 0.25) is 0 Å². The topological polar surface area (TPSA) is 18.5 Å². The van der Waals surface area contributed by atoms with Crippen LogP contribution in [0.15, 0.2) is 52.3 Å². The van der Waals surface area contributed by atoms with Gasteiger partial charge in [-0.25, -0.2) is 0 Å². The molecule has 0 aromatic rings. The minimum absolute atomic E-state index is 0. The van der Waals surface area contributed by atoms with Crippen molar-refractivity contribution in [2.24, 2.45) is 0 Å². The first-order chi connectivity index (χ1) is 8.69. The van der Waals surface area contributed by atoms with Gasteiger partial charge in [0.05, 0.1) is 13.2 Å². The van der Waals surface area contributed by atoms with Crippen molar-refractivity contribution in [2.75, 3.05) is 14.2 Å². The van der Waals surface area contributed by atoms with Gasteiger partial charge in [0.25, 0.3) is 0 Å². The minimum Gasteiger partial charge on any atom is -0.496 e. The molecule has 0 aliphatic heterocycles. The second-order valence-corrected chi connectivity index (χ2v) is 5.56. The van der Waals surface area contributed by atoms with Gasteiger partial charge < -0.3 is 9.47 Å². The molecule has 22 heavy (non-hydrogen) atoms. The van der Waals surface area contributed by atoms with Crippen molar-refractivity contribution in [2.45, 2.75) is 18.2 Å². The van der Waals surface area contributed by atoms with E-state index in [1.54, 1.807) is 14.2 Å². The van der Waals surface area contributed by atoms with Gasteiger partial charge in [-0.1, -0.05) is 12.2 Å². The summed E-state index contributed by atoms with van der Waals surface area (Å²) in [6.07, 6.45) is 9.15. The Kier molecular flexibility index (Phi) is 17.7. The Hall–Kier alpha value is 1.49. The molecule has 0 saturated carbocycles. The molecule has 2 aliphatic rings. The van der Waals surface area contributed by atoms with Crippen molar-refractivity contribution in [3.8, 4) is 0 Å². The van der Waals surface area contributed by atoms with E-state index in [1.807, 2.05) is 12.2 Å². The molecule has 0 fully saturated rings. The summed E-state index contributed by atoms with van der Waals surface area (Å²) in [5.74, 6) is 0.866. The van der Waals surface area contributed by atoms with Crippen LogP contribution in [0, 0.1) is 0 Å². The van der Waals surface area contributed by atoms with Crippen LogP contribution in [0.4, 0.5) is 0 Å². The molecule has 2 nitrogen and oxygen atoms in total. The number of hydrogen-bond acceptors (Lipinski definition) is 2. The zero-order chi connectivity index (χ0) is 13.1. The van der Waals surface area contributed by atoms with Gasteiger partial charge in [0, 0.05) is 24.4 Å². The summed E-state index contributed by atoms with van der Waals surface area (Å²) < 4.78 is 11.1. The normalized spacial score (nSPS) is 22.2. The third-order valence-electron chi connectivity index (χ3n) is 3.16. The number of ether oxygens (including phenoxy) is 2. The Morgan fingerprint density at radius 3 is 2.32 bits per heavy atom. The van der Waals surface area contributed by atoms with E-state index >= 15 is 0 Å². The summed E-state index contributed by atoms with van der Waals surface area (Å²) in [4.78, 5) is 0. The van der Waals surface area contributed by atoms with Crippen molar-refractivity contribution in [1.82, 2.24) is 0 Å². The Morgan fingerprint density at radius 1 is 1.14 bits per heavy atom. The summed E-state index contributed by atoms with van der Waals surface area (Å²) in [7, 11) is 9.06. The smallest absolute Gasteiger partial charge is 0.146 e. The maximum Gasteiger partial charge on any atom is 0.146 e. The summed E-state index contributed by atoms with van der Waals surface area (Å²) in [6.45, 7) is 0. The van der Waals surface area contributed by atoms with Crippen LogP contribution in [0.1, 0.15) is 6.42 Å². The Labute approximate surface area is 180 Å². The van der Waals surface area contributed by atoms with Crippen LogP contribution in [-0.2, 0) is 9.47 Å². The molecule has 2 aliphatic carbocycles. The lowest BCUT2D eigenvalue weighted by Crippen LogP contribution is -2.22. The highest BCUT2D eigenvalue weighted by Gasteiger charge is 2.27. The molecule has 0 saturated heterocycles. The molecule has 0 amide bonds. The van der Waals surface area contributed by atoms with Crippen LogP contribution < -0.4 is 0 Å². The third kappa shape index (κ3) is 6.42. The molecule has 4 radical (unpaired) electrons. The zero-order valence-electron chi connectivity index (χ0n) is 14.6. The highest BCUT2D eigenvalue weighted by atomic mass is 31.0. The molecule has 0 heterocycles. The monoisotopic (exact) mass is 396 g/mol.